The smallest absolute Gasteiger partial charge is 0.252 e. The summed E-state index contributed by atoms with van der Waals surface area (Å²) >= 11 is 0. The highest BCUT2D eigenvalue weighted by atomic mass is 32.2. The molecule has 0 radical (unpaired) electrons. The van der Waals surface area contributed by atoms with E-state index >= 15 is 0 Å². The third kappa shape index (κ3) is 4.81. The first kappa shape index (κ1) is 19.2. The Labute approximate surface area is 138 Å². The molecule has 23 heavy (non-hydrogen) atoms. The summed E-state index contributed by atoms with van der Waals surface area (Å²) in [5.74, 6) is 2.32. The van der Waals surface area contributed by atoms with Crippen LogP contribution in [-0.4, -0.2) is 25.9 Å². The van der Waals surface area contributed by atoms with Gasteiger partial charge in [-0.25, -0.2) is 13.1 Å². The molecule has 0 spiro atoms. The summed E-state index contributed by atoms with van der Waals surface area (Å²) in [6.45, 7) is 7.32. The van der Waals surface area contributed by atoms with Crippen molar-refractivity contribution in [1.82, 2.24) is 10.0 Å². The third-order valence-electron chi connectivity index (χ3n) is 3.65. The molecule has 0 bridgehead atoms. The Hall–Kier alpha value is -1.84. The molecule has 0 fully saturated rings. The number of rotatable bonds is 7. The van der Waals surface area contributed by atoms with Crippen molar-refractivity contribution in [3.8, 4) is 12.3 Å². The third-order valence-corrected chi connectivity index (χ3v) is 5.33. The minimum Gasteiger partial charge on any atom is -0.336 e. The lowest BCUT2D eigenvalue weighted by Gasteiger charge is -2.27. The summed E-state index contributed by atoms with van der Waals surface area (Å²) in [5.41, 5.74) is -0.309. The predicted octanol–water partition coefficient (Wildman–Crippen LogP) is 2.30. The van der Waals surface area contributed by atoms with Crippen LogP contribution in [0.3, 0.4) is 0 Å². The number of benzene rings is 1. The van der Waals surface area contributed by atoms with Crippen LogP contribution >= 0.6 is 0 Å². The van der Waals surface area contributed by atoms with E-state index in [4.69, 9.17) is 6.42 Å². The van der Waals surface area contributed by atoms with Gasteiger partial charge in [0, 0.05) is 11.6 Å². The molecule has 0 aliphatic heterocycles. The van der Waals surface area contributed by atoms with E-state index in [-0.39, 0.29) is 16.8 Å². The molecule has 1 amide bonds. The van der Waals surface area contributed by atoms with Gasteiger partial charge in [-0.3, -0.25) is 4.79 Å². The lowest BCUT2D eigenvalue weighted by atomic mass is 9.93. The quantitative estimate of drug-likeness (QED) is 0.750. The number of carbonyl (C=O) groups excluding carboxylic acids is 1. The molecule has 0 atom stereocenters. The summed E-state index contributed by atoms with van der Waals surface area (Å²) in [7, 11) is -3.57. The van der Waals surface area contributed by atoms with Crippen molar-refractivity contribution in [2.75, 3.05) is 0 Å². The number of sulfonamides is 1. The number of hydrogen-bond acceptors (Lipinski definition) is 3. The van der Waals surface area contributed by atoms with Crippen LogP contribution in [-0.2, 0) is 10.0 Å². The Morgan fingerprint density at radius 2 is 1.74 bits per heavy atom. The van der Waals surface area contributed by atoms with E-state index in [2.05, 4.69) is 16.0 Å². The first-order valence-electron chi connectivity index (χ1n) is 7.62. The van der Waals surface area contributed by atoms with Crippen molar-refractivity contribution in [1.29, 1.82) is 0 Å². The first-order chi connectivity index (χ1) is 10.7. The number of amides is 1. The molecule has 126 valence electrons. The van der Waals surface area contributed by atoms with Crippen LogP contribution in [0.2, 0.25) is 0 Å². The zero-order chi connectivity index (χ0) is 17.7. The fourth-order valence-corrected chi connectivity index (χ4v) is 3.37. The van der Waals surface area contributed by atoms with Crippen LogP contribution < -0.4 is 10.0 Å². The first-order valence-corrected chi connectivity index (χ1v) is 9.10. The highest BCUT2D eigenvalue weighted by Gasteiger charge is 2.26. The highest BCUT2D eigenvalue weighted by molar-refractivity contribution is 7.89. The molecule has 1 rings (SSSR count). The van der Waals surface area contributed by atoms with Crippen LogP contribution in [0.4, 0.5) is 0 Å². The number of carbonyl (C=O) groups is 1. The van der Waals surface area contributed by atoms with Gasteiger partial charge in [-0.15, -0.1) is 6.42 Å². The summed E-state index contributed by atoms with van der Waals surface area (Å²) in [6, 6.07) is 5.59. The summed E-state index contributed by atoms with van der Waals surface area (Å²) < 4.78 is 26.6. The Balaban J connectivity index is 2.97. The second-order valence-corrected chi connectivity index (χ2v) is 7.40. The fourth-order valence-electron chi connectivity index (χ4n) is 2.12. The SMILES string of the molecule is C#CC(CC)(CC)NC(=O)c1ccc(S(=O)(=O)NC(C)C)cc1. The molecule has 6 heteroatoms. The van der Waals surface area contributed by atoms with Crippen LogP contribution in [0, 0.1) is 12.3 Å². The van der Waals surface area contributed by atoms with E-state index in [0.717, 1.165) is 0 Å². The average Bonchev–Trinajstić information content (AvgIpc) is 2.51. The van der Waals surface area contributed by atoms with Gasteiger partial charge in [-0.2, -0.15) is 0 Å². The van der Waals surface area contributed by atoms with Crippen LogP contribution in [0.25, 0.3) is 0 Å². The molecule has 5 nitrogen and oxygen atoms in total. The number of nitrogens with one attached hydrogen (secondary N) is 2. The second-order valence-electron chi connectivity index (χ2n) is 5.69. The van der Waals surface area contributed by atoms with Gasteiger partial charge in [0.25, 0.3) is 5.91 Å². The molecule has 0 saturated carbocycles. The Morgan fingerprint density at radius 1 is 1.22 bits per heavy atom. The normalized spacial score (nSPS) is 12.0. The highest BCUT2D eigenvalue weighted by Crippen LogP contribution is 2.16. The van der Waals surface area contributed by atoms with Crippen molar-refractivity contribution in [3.63, 3.8) is 0 Å². The van der Waals surface area contributed by atoms with E-state index in [9.17, 15) is 13.2 Å². The maximum absolute atomic E-state index is 12.3. The van der Waals surface area contributed by atoms with Gasteiger partial charge < -0.3 is 5.32 Å². The van der Waals surface area contributed by atoms with E-state index in [1.54, 1.807) is 13.8 Å². The van der Waals surface area contributed by atoms with Gasteiger partial charge in [0.05, 0.1) is 4.90 Å². The molecule has 0 heterocycles. The topological polar surface area (TPSA) is 75.3 Å². The lowest BCUT2D eigenvalue weighted by molar-refractivity contribution is 0.0916. The molecule has 1 aromatic carbocycles. The number of terminal acetylenes is 1. The van der Waals surface area contributed by atoms with Gasteiger partial charge in [-0.05, 0) is 51.0 Å². The molecule has 0 aliphatic rings. The minimum absolute atomic E-state index is 0.122. The fraction of sp³-hybridized carbons (Fsp3) is 0.471. The molecule has 0 saturated heterocycles. The summed E-state index contributed by atoms with van der Waals surface area (Å²) in [5, 5.41) is 2.85. The Bertz CT molecular complexity index is 682. The maximum atomic E-state index is 12.3. The van der Waals surface area contributed by atoms with E-state index in [1.165, 1.54) is 24.3 Å². The summed E-state index contributed by atoms with van der Waals surface area (Å²) in [6.07, 6.45) is 6.77. The zero-order valence-electron chi connectivity index (χ0n) is 14.0. The van der Waals surface area contributed by atoms with E-state index in [1.807, 2.05) is 13.8 Å². The van der Waals surface area contributed by atoms with E-state index < -0.39 is 15.6 Å². The van der Waals surface area contributed by atoms with Crippen molar-refractivity contribution in [3.05, 3.63) is 29.8 Å². The molecule has 0 unspecified atom stereocenters. The average molecular weight is 336 g/mol. The van der Waals surface area contributed by atoms with Crippen molar-refractivity contribution in [2.45, 2.75) is 57.0 Å². The molecular formula is C17H24N2O3S. The Kier molecular flexibility index (Phi) is 6.37. The number of hydrogen-bond donors (Lipinski definition) is 2. The van der Waals surface area contributed by atoms with Gasteiger partial charge >= 0.3 is 0 Å². The lowest BCUT2D eigenvalue weighted by Crippen LogP contribution is -2.46. The maximum Gasteiger partial charge on any atom is 0.252 e. The van der Waals surface area contributed by atoms with Crippen molar-refractivity contribution >= 4 is 15.9 Å². The predicted molar refractivity (Wildman–Crippen MR) is 91.5 cm³/mol. The van der Waals surface area contributed by atoms with Crippen molar-refractivity contribution < 1.29 is 13.2 Å². The van der Waals surface area contributed by atoms with Gasteiger partial charge in [0.1, 0.15) is 5.54 Å². The Morgan fingerprint density at radius 3 is 2.13 bits per heavy atom. The largest absolute Gasteiger partial charge is 0.336 e. The van der Waals surface area contributed by atoms with Crippen LogP contribution in [0.1, 0.15) is 50.9 Å². The van der Waals surface area contributed by atoms with E-state index in [0.29, 0.717) is 18.4 Å². The summed E-state index contributed by atoms with van der Waals surface area (Å²) in [4.78, 5) is 12.4. The standard InChI is InChI=1S/C17H24N2O3S/c1-6-17(7-2,8-3)18-16(20)14-9-11-15(12-10-14)23(21,22)19-13(4)5/h1,9-13,19H,7-8H2,2-5H3,(H,18,20). The van der Waals surface area contributed by atoms with Gasteiger partial charge in [-0.1, -0.05) is 19.8 Å². The molecule has 0 aliphatic carbocycles. The zero-order valence-corrected chi connectivity index (χ0v) is 14.8. The monoisotopic (exact) mass is 336 g/mol. The minimum atomic E-state index is -3.57. The molecule has 2 N–H and O–H groups in total. The molecular weight excluding hydrogens is 312 g/mol. The van der Waals surface area contributed by atoms with Crippen LogP contribution in [0.5, 0.6) is 0 Å². The van der Waals surface area contributed by atoms with Crippen molar-refractivity contribution in [2.24, 2.45) is 0 Å². The van der Waals surface area contributed by atoms with Crippen LogP contribution in [0.15, 0.2) is 29.2 Å². The molecule has 0 aromatic heterocycles. The van der Waals surface area contributed by atoms with Gasteiger partial charge in [0.2, 0.25) is 10.0 Å². The van der Waals surface area contributed by atoms with Gasteiger partial charge in [0.15, 0.2) is 0 Å². The molecule has 1 aromatic rings. The second kappa shape index (κ2) is 7.62.